The molecule has 25 heavy (non-hydrogen) atoms. The van der Waals surface area contributed by atoms with E-state index in [-0.39, 0.29) is 23.3 Å². The van der Waals surface area contributed by atoms with Gasteiger partial charge in [-0.2, -0.15) is 15.6 Å². The molecule has 0 saturated carbocycles. The smallest absolute Gasteiger partial charge is 0.243 e. The van der Waals surface area contributed by atoms with E-state index in [4.69, 9.17) is 9.47 Å². The summed E-state index contributed by atoms with van der Waals surface area (Å²) in [6.45, 7) is 0.616. The largest absolute Gasteiger partial charge is 0.493 e. The Hall–Kier alpha value is -1.61. The number of sulfonamides is 1. The lowest BCUT2D eigenvalue weighted by atomic mass is 9.92. The Labute approximate surface area is 151 Å². The summed E-state index contributed by atoms with van der Waals surface area (Å²) in [5.41, 5.74) is 1.08. The van der Waals surface area contributed by atoms with Crippen molar-refractivity contribution in [3.8, 4) is 11.5 Å². The molecule has 6 nitrogen and oxygen atoms in total. The molecule has 2 aromatic rings. The summed E-state index contributed by atoms with van der Waals surface area (Å²) in [6, 6.07) is 6.56. The predicted octanol–water partition coefficient (Wildman–Crippen LogP) is 2.16. The van der Waals surface area contributed by atoms with Crippen LogP contribution in [0.15, 0.2) is 39.9 Å². The van der Waals surface area contributed by atoms with Crippen LogP contribution in [0, 0.1) is 5.92 Å². The van der Waals surface area contributed by atoms with Crippen LogP contribution in [0.3, 0.4) is 0 Å². The minimum absolute atomic E-state index is 0.00571. The Bertz CT molecular complexity index is 820. The molecule has 0 radical (unpaired) electrons. The third-order valence-electron chi connectivity index (χ3n) is 4.61. The number of ether oxygens (including phenoxy) is 2. The van der Waals surface area contributed by atoms with E-state index in [1.807, 2.05) is 16.8 Å². The normalized spacial score (nSPS) is 21.4. The standard InChI is InChI=1S/C17H21NO5S2/c1-22-16-4-3-14(7-17(16)23-2)25(20,21)18-8-13(10-19)15(9-18)12-5-6-24-11-12/h3-7,11,13,15,19H,8-10H2,1-2H3/t13-,15+/m0/s1. The highest BCUT2D eigenvalue weighted by Gasteiger charge is 2.40. The molecule has 136 valence electrons. The molecular weight excluding hydrogens is 362 g/mol. The summed E-state index contributed by atoms with van der Waals surface area (Å²) in [4.78, 5) is 0.160. The topological polar surface area (TPSA) is 76.1 Å². The van der Waals surface area contributed by atoms with Gasteiger partial charge in [0.1, 0.15) is 0 Å². The number of aliphatic hydroxyl groups is 1. The number of rotatable bonds is 6. The lowest BCUT2D eigenvalue weighted by Crippen LogP contribution is -2.29. The van der Waals surface area contributed by atoms with E-state index in [1.54, 1.807) is 17.4 Å². The van der Waals surface area contributed by atoms with Gasteiger partial charge in [0.25, 0.3) is 0 Å². The van der Waals surface area contributed by atoms with Gasteiger partial charge in [-0.15, -0.1) is 0 Å². The number of aliphatic hydroxyl groups excluding tert-OH is 1. The first-order chi connectivity index (χ1) is 12.0. The average Bonchev–Trinajstić information content (AvgIpc) is 3.29. The van der Waals surface area contributed by atoms with Gasteiger partial charge in [0, 0.05) is 37.6 Å². The van der Waals surface area contributed by atoms with Gasteiger partial charge in [-0.3, -0.25) is 0 Å². The zero-order valence-electron chi connectivity index (χ0n) is 14.1. The fraction of sp³-hybridized carbons (Fsp3) is 0.412. The Morgan fingerprint density at radius 3 is 2.56 bits per heavy atom. The van der Waals surface area contributed by atoms with Gasteiger partial charge in [0.05, 0.1) is 19.1 Å². The van der Waals surface area contributed by atoms with Gasteiger partial charge in [-0.1, -0.05) is 0 Å². The molecule has 1 aliphatic heterocycles. The summed E-state index contributed by atoms with van der Waals surface area (Å²) in [5, 5.41) is 13.7. The molecule has 1 aromatic carbocycles. The maximum atomic E-state index is 13.0. The number of thiophene rings is 1. The molecule has 0 bridgehead atoms. The average molecular weight is 383 g/mol. The summed E-state index contributed by atoms with van der Waals surface area (Å²) < 4.78 is 37.9. The first kappa shape index (κ1) is 18.2. The zero-order chi connectivity index (χ0) is 18.0. The Kier molecular flexibility index (Phi) is 5.33. The Morgan fingerprint density at radius 2 is 1.96 bits per heavy atom. The van der Waals surface area contributed by atoms with Gasteiger partial charge >= 0.3 is 0 Å². The van der Waals surface area contributed by atoms with E-state index in [0.717, 1.165) is 5.56 Å². The lowest BCUT2D eigenvalue weighted by molar-refractivity contribution is 0.223. The van der Waals surface area contributed by atoms with Crippen LogP contribution in [-0.4, -0.2) is 51.7 Å². The van der Waals surface area contributed by atoms with Crippen molar-refractivity contribution in [1.82, 2.24) is 4.31 Å². The van der Waals surface area contributed by atoms with E-state index in [0.29, 0.717) is 24.6 Å². The minimum atomic E-state index is -3.67. The van der Waals surface area contributed by atoms with Crippen molar-refractivity contribution in [1.29, 1.82) is 0 Å². The lowest BCUT2D eigenvalue weighted by Gasteiger charge is -2.17. The van der Waals surface area contributed by atoms with Crippen molar-refractivity contribution in [2.24, 2.45) is 5.92 Å². The molecule has 0 amide bonds. The van der Waals surface area contributed by atoms with Gasteiger partial charge in [0.2, 0.25) is 10.0 Å². The predicted molar refractivity (Wildman–Crippen MR) is 95.9 cm³/mol. The van der Waals surface area contributed by atoms with Crippen LogP contribution < -0.4 is 9.47 Å². The fourth-order valence-corrected chi connectivity index (χ4v) is 5.47. The fourth-order valence-electron chi connectivity index (χ4n) is 3.20. The van der Waals surface area contributed by atoms with Crippen LogP contribution in [-0.2, 0) is 10.0 Å². The second kappa shape index (κ2) is 7.33. The van der Waals surface area contributed by atoms with Gasteiger partial charge in [-0.25, -0.2) is 8.42 Å². The van der Waals surface area contributed by atoms with Crippen molar-refractivity contribution < 1.29 is 23.0 Å². The van der Waals surface area contributed by atoms with E-state index in [1.165, 1.54) is 30.7 Å². The van der Waals surface area contributed by atoms with Crippen LogP contribution in [0.5, 0.6) is 11.5 Å². The monoisotopic (exact) mass is 383 g/mol. The Balaban J connectivity index is 1.90. The highest BCUT2D eigenvalue weighted by molar-refractivity contribution is 7.89. The van der Waals surface area contributed by atoms with Gasteiger partial charge < -0.3 is 14.6 Å². The molecule has 0 spiro atoms. The van der Waals surface area contributed by atoms with Crippen LogP contribution in [0.1, 0.15) is 11.5 Å². The first-order valence-electron chi connectivity index (χ1n) is 7.86. The second-order valence-corrected chi connectivity index (χ2v) is 8.66. The maximum Gasteiger partial charge on any atom is 0.243 e. The van der Waals surface area contributed by atoms with Crippen molar-refractivity contribution >= 4 is 21.4 Å². The van der Waals surface area contributed by atoms with Crippen molar-refractivity contribution in [3.05, 3.63) is 40.6 Å². The molecule has 8 heteroatoms. The maximum absolute atomic E-state index is 13.0. The van der Waals surface area contributed by atoms with Crippen molar-refractivity contribution in [3.63, 3.8) is 0 Å². The molecule has 0 unspecified atom stereocenters. The highest BCUT2D eigenvalue weighted by atomic mass is 32.2. The number of benzene rings is 1. The summed E-state index contributed by atoms with van der Waals surface area (Å²) in [5.74, 6) is 0.749. The molecule has 3 rings (SSSR count). The molecule has 1 aliphatic rings. The molecule has 1 fully saturated rings. The van der Waals surface area contributed by atoms with E-state index in [9.17, 15) is 13.5 Å². The third kappa shape index (κ3) is 3.39. The van der Waals surface area contributed by atoms with Crippen LogP contribution >= 0.6 is 11.3 Å². The zero-order valence-corrected chi connectivity index (χ0v) is 15.7. The molecule has 1 aromatic heterocycles. The van der Waals surface area contributed by atoms with Crippen molar-refractivity contribution in [2.45, 2.75) is 10.8 Å². The second-order valence-electron chi connectivity index (χ2n) is 5.94. The summed E-state index contributed by atoms with van der Waals surface area (Å²) in [7, 11) is -0.699. The summed E-state index contributed by atoms with van der Waals surface area (Å²) >= 11 is 1.57. The number of hydrogen-bond acceptors (Lipinski definition) is 6. The summed E-state index contributed by atoms with van der Waals surface area (Å²) in [6.07, 6.45) is 0. The van der Waals surface area contributed by atoms with Crippen molar-refractivity contribution in [2.75, 3.05) is 33.9 Å². The van der Waals surface area contributed by atoms with E-state index < -0.39 is 10.0 Å². The Morgan fingerprint density at radius 1 is 1.20 bits per heavy atom. The quantitative estimate of drug-likeness (QED) is 0.827. The van der Waals surface area contributed by atoms with Gasteiger partial charge in [-0.05, 0) is 34.5 Å². The molecule has 2 heterocycles. The SMILES string of the molecule is COc1ccc(S(=O)(=O)N2C[C@@H](CO)[C@@H](c3ccsc3)C2)cc1OC. The number of methoxy groups -OCH3 is 2. The first-order valence-corrected chi connectivity index (χ1v) is 10.2. The van der Waals surface area contributed by atoms with E-state index >= 15 is 0 Å². The minimum Gasteiger partial charge on any atom is -0.493 e. The van der Waals surface area contributed by atoms with Gasteiger partial charge in [0.15, 0.2) is 11.5 Å². The number of nitrogens with zero attached hydrogens (tertiary/aromatic N) is 1. The molecule has 1 saturated heterocycles. The van der Waals surface area contributed by atoms with Crippen LogP contribution in [0.2, 0.25) is 0 Å². The molecule has 2 atom stereocenters. The highest BCUT2D eigenvalue weighted by Crippen LogP contribution is 2.37. The van der Waals surface area contributed by atoms with E-state index in [2.05, 4.69) is 0 Å². The third-order valence-corrected chi connectivity index (χ3v) is 7.14. The molecular formula is C17H21NO5S2. The molecule has 1 N–H and O–H groups in total. The molecule has 0 aliphatic carbocycles. The van der Waals surface area contributed by atoms with Crippen LogP contribution in [0.25, 0.3) is 0 Å². The van der Waals surface area contributed by atoms with Crippen LogP contribution in [0.4, 0.5) is 0 Å². The number of hydrogen-bond donors (Lipinski definition) is 1.